The maximum atomic E-state index is 12.0. The van der Waals surface area contributed by atoms with Gasteiger partial charge in [-0.1, -0.05) is 29.8 Å². The van der Waals surface area contributed by atoms with Crippen molar-refractivity contribution >= 4 is 40.6 Å². The predicted molar refractivity (Wildman–Crippen MR) is 108 cm³/mol. The maximum absolute atomic E-state index is 12.0. The fourth-order valence-electron chi connectivity index (χ4n) is 2.25. The summed E-state index contributed by atoms with van der Waals surface area (Å²) in [5.74, 6) is -0.281. The lowest BCUT2D eigenvalue weighted by Crippen LogP contribution is -2.29. The van der Waals surface area contributed by atoms with E-state index in [0.717, 1.165) is 0 Å². The van der Waals surface area contributed by atoms with Crippen LogP contribution in [0.25, 0.3) is 0 Å². The highest BCUT2D eigenvalue weighted by Crippen LogP contribution is 2.14. The van der Waals surface area contributed by atoms with Crippen molar-refractivity contribution in [2.24, 2.45) is 0 Å². The lowest BCUT2D eigenvalue weighted by Gasteiger charge is -2.10. The summed E-state index contributed by atoms with van der Waals surface area (Å²) in [7, 11) is 0. The van der Waals surface area contributed by atoms with Crippen LogP contribution in [0.2, 0.25) is 5.02 Å². The second-order valence-corrected chi connectivity index (χ2v) is 6.04. The minimum Gasteiger partial charge on any atom is -0.308 e. The number of rotatable bonds is 5. The first-order valence-corrected chi connectivity index (χ1v) is 8.53. The Bertz CT molecular complexity index is 913. The molecule has 0 heterocycles. The number of carbonyl (C=O) groups is 2. The third-order valence-electron chi connectivity index (χ3n) is 3.60. The van der Waals surface area contributed by atoms with Gasteiger partial charge in [0.25, 0.3) is 5.91 Å². The van der Waals surface area contributed by atoms with Gasteiger partial charge in [0.1, 0.15) is 0 Å². The number of urea groups is 1. The highest BCUT2D eigenvalue weighted by molar-refractivity contribution is 6.30. The molecule has 0 atom stereocenters. The minimum absolute atomic E-state index is 0.281. The van der Waals surface area contributed by atoms with Crippen molar-refractivity contribution in [2.45, 2.75) is 0 Å². The van der Waals surface area contributed by atoms with E-state index < -0.39 is 0 Å². The monoisotopic (exact) mass is 380 g/mol. The molecular formula is C20H17ClN4O2. The molecule has 6 nitrogen and oxygen atoms in total. The SMILES string of the molecule is O=C(Nc1ccccc1)Nc1ccc(NNC(=O)c2ccc(Cl)cc2)cc1. The zero-order chi connectivity index (χ0) is 19.1. The van der Waals surface area contributed by atoms with Crippen molar-refractivity contribution in [1.82, 2.24) is 5.43 Å². The van der Waals surface area contributed by atoms with Crippen LogP contribution in [-0.2, 0) is 0 Å². The third-order valence-corrected chi connectivity index (χ3v) is 3.85. The molecule has 0 aliphatic heterocycles. The van der Waals surface area contributed by atoms with Gasteiger partial charge >= 0.3 is 6.03 Å². The van der Waals surface area contributed by atoms with Crippen LogP contribution >= 0.6 is 11.6 Å². The molecule has 0 aromatic heterocycles. The molecule has 136 valence electrons. The van der Waals surface area contributed by atoms with Gasteiger partial charge in [0.2, 0.25) is 0 Å². The Balaban J connectivity index is 1.50. The molecule has 0 aliphatic carbocycles. The van der Waals surface area contributed by atoms with E-state index in [2.05, 4.69) is 21.5 Å². The van der Waals surface area contributed by atoms with Crippen molar-refractivity contribution in [3.05, 3.63) is 89.4 Å². The quantitative estimate of drug-likeness (QED) is 0.482. The van der Waals surface area contributed by atoms with Crippen molar-refractivity contribution in [1.29, 1.82) is 0 Å². The van der Waals surface area contributed by atoms with Gasteiger partial charge in [0, 0.05) is 22.0 Å². The van der Waals surface area contributed by atoms with Crippen LogP contribution in [0.3, 0.4) is 0 Å². The first-order valence-electron chi connectivity index (χ1n) is 8.15. The van der Waals surface area contributed by atoms with E-state index in [0.29, 0.717) is 27.6 Å². The van der Waals surface area contributed by atoms with E-state index in [1.165, 1.54) is 0 Å². The first kappa shape index (κ1) is 18.3. The van der Waals surface area contributed by atoms with Gasteiger partial charge < -0.3 is 10.6 Å². The molecule has 7 heteroatoms. The fourth-order valence-corrected chi connectivity index (χ4v) is 2.38. The molecule has 3 rings (SSSR count). The van der Waals surface area contributed by atoms with Crippen molar-refractivity contribution < 1.29 is 9.59 Å². The van der Waals surface area contributed by atoms with Crippen LogP contribution in [0, 0.1) is 0 Å². The van der Waals surface area contributed by atoms with Crippen LogP contribution in [0.5, 0.6) is 0 Å². The Labute approximate surface area is 161 Å². The molecule has 0 spiro atoms. The Hall–Kier alpha value is -3.51. The molecular weight excluding hydrogens is 364 g/mol. The Morgan fingerprint density at radius 1 is 0.667 bits per heavy atom. The Morgan fingerprint density at radius 3 is 1.85 bits per heavy atom. The summed E-state index contributed by atoms with van der Waals surface area (Å²) in [6.07, 6.45) is 0. The number of carbonyl (C=O) groups excluding carboxylic acids is 2. The molecule has 27 heavy (non-hydrogen) atoms. The fraction of sp³-hybridized carbons (Fsp3) is 0. The van der Waals surface area contributed by atoms with E-state index in [4.69, 9.17) is 11.6 Å². The zero-order valence-corrected chi connectivity index (χ0v) is 15.0. The van der Waals surface area contributed by atoms with E-state index in [1.54, 1.807) is 60.7 Å². The number of halogens is 1. The molecule has 3 amide bonds. The highest BCUT2D eigenvalue weighted by Gasteiger charge is 2.05. The molecule has 3 aromatic rings. The topological polar surface area (TPSA) is 82.3 Å². The summed E-state index contributed by atoms with van der Waals surface area (Å²) in [6.45, 7) is 0. The van der Waals surface area contributed by atoms with Crippen molar-refractivity contribution in [3.63, 3.8) is 0 Å². The number of amides is 3. The van der Waals surface area contributed by atoms with Crippen molar-refractivity contribution in [2.75, 3.05) is 16.1 Å². The van der Waals surface area contributed by atoms with E-state index in [9.17, 15) is 9.59 Å². The first-order chi connectivity index (χ1) is 13.1. The second kappa shape index (κ2) is 8.73. The molecule has 0 saturated carbocycles. The van der Waals surface area contributed by atoms with Gasteiger partial charge in [-0.15, -0.1) is 0 Å². The summed E-state index contributed by atoms with van der Waals surface area (Å²) in [5.41, 5.74) is 7.90. The van der Waals surface area contributed by atoms with Crippen LogP contribution < -0.4 is 21.5 Å². The van der Waals surface area contributed by atoms with Crippen LogP contribution in [0.15, 0.2) is 78.9 Å². The van der Waals surface area contributed by atoms with Gasteiger partial charge in [-0.05, 0) is 60.7 Å². The average Bonchev–Trinajstić information content (AvgIpc) is 2.68. The number of hydrogen-bond donors (Lipinski definition) is 4. The highest BCUT2D eigenvalue weighted by atomic mass is 35.5. The Morgan fingerprint density at radius 2 is 1.22 bits per heavy atom. The van der Waals surface area contributed by atoms with Gasteiger partial charge in [0.05, 0.1) is 5.69 Å². The number of anilines is 3. The molecule has 0 bridgehead atoms. The number of nitrogens with one attached hydrogen (secondary N) is 4. The predicted octanol–water partition coefficient (Wildman–Crippen LogP) is 4.74. The van der Waals surface area contributed by atoms with Crippen molar-refractivity contribution in [3.8, 4) is 0 Å². The van der Waals surface area contributed by atoms with Gasteiger partial charge in [-0.25, -0.2) is 4.79 Å². The second-order valence-electron chi connectivity index (χ2n) is 5.61. The summed E-state index contributed by atoms with van der Waals surface area (Å²) in [4.78, 5) is 24.0. The van der Waals surface area contributed by atoms with E-state index in [1.807, 2.05) is 18.2 Å². The normalized spacial score (nSPS) is 9.96. The maximum Gasteiger partial charge on any atom is 0.323 e. The molecule has 0 unspecified atom stereocenters. The smallest absolute Gasteiger partial charge is 0.308 e. The molecule has 3 aromatic carbocycles. The van der Waals surface area contributed by atoms with Gasteiger partial charge in [0.15, 0.2) is 0 Å². The lowest BCUT2D eigenvalue weighted by atomic mass is 10.2. The number of para-hydroxylation sites is 1. The third kappa shape index (κ3) is 5.49. The Kier molecular flexibility index (Phi) is 5.91. The summed E-state index contributed by atoms with van der Waals surface area (Å²) < 4.78 is 0. The minimum atomic E-state index is -0.335. The average molecular weight is 381 g/mol. The van der Waals surface area contributed by atoms with E-state index in [-0.39, 0.29) is 11.9 Å². The molecule has 0 fully saturated rings. The largest absolute Gasteiger partial charge is 0.323 e. The standard InChI is InChI=1S/C20H17ClN4O2/c21-15-8-6-14(7-9-15)19(26)25-24-18-12-10-17(11-13-18)23-20(27)22-16-4-2-1-3-5-16/h1-13,24H,(H,25,26)(H2,22,23,27). The molecule has 0 aliphatic rings. The number of benzene rings is 3. The van der Waals surface area contributed by atoms with Gasteiger partial charge in [-0.3, -0.25) is 15.6 Å². The molecule has 4 N–H and O–H groups in total. The number of hydrazine groups is 1. The van der Waals surface area contributed by atoms with Crippen LogP contribution in [0.4, 0.5) is 21.9 Å². The van der Waals surface area contributed by atoms with Crippen LogP contribution in [-0.4, -0.2) is 11.9 Å². The number of hydrogen-bond acceptors (Lipinski definition) is 3. The van der Waals surface area contributed by atoms with Gasteiger partial charge in [-0.2, -0.15) is 0 Å². The van der Waals surface area contributed by atoms with E-state index >= 15 is 0 Å². The summed E-state index contributed by atoms with van der Waals surface area (Å²) in [6, 6.07) is 22.3. The zero-order valence-electron chi connectivity index (χ0n) is 14.2. The summed E-state index contributed by atoms with van der Waals surface area (Å²) >= 11 is 5.80. The molecule has 0 saturated heterocycles. The lowest BCUT2D eigenvalue weighted by molar-refractivity contribution is 0.0962. The molecule has 0 radical (unpaired) electrons. The van der Waals surface area contributed by atoms with Crippen LogP contribution in [0.1, 0.15) is 10.4 Å². The summed E-state index contributed by atoms with van der Waals surface area (Å²) in [5, 5.41) is 6.04.